The number of ether oxygens (including phenoxy) is 1. The van der Waals surface area contributed by atoms with Crippen molar-refractivity contribution in [3.63, 3.8) is 0 Å². The first-order valence-corrected chi connectivity index (χ1v) is 5.88. The van der Waals surface area contributed by atoms with Crippen molar-refractivity contribution in [1.29, 1.82) is 0 Å². The van der Waals surface area contributed by atoms with Gasteiger partial charge in [0, 0.05) is 31.2 Å². The fourth-order valence-electron chi connectivity index (χ4n) is 2.60. The lowest BCUT2D eigenvalue weighted by Crippen LogP contribution is -2.52. The van der Waals surface area contributed by atoms with E-state index in [4.69, 9.17) is 16.2 Å². The Labute approximate surface area is 96.8 Å². The number of hydrogen-bond acceptors (Lipinski definition) is 3. The maximum absolute atomic E-state index is 6.23. The number of nitrogens with two attached hydrogens (primary N) is 2. The molecule has 1 unspecified atom stereocenters. The Hall–Kier alpha value is -0.900. The van der Waals surface area contributed by atoms with E-state index in [-0.39, 0.29) is 11.5 Å². The minimum atomic E-state index is 0.00819. The molecule has 0 radical (unpaired) electrons. The Kier molecular flexibility index (Phi) is 3.59. The van der Waals surface area contributed by atoms with Gasteiger partial charge < -0.3 is 16.2 Å². The predicted molar refractivity (Wildman–Crippen MR) is 65.2 cm³/mol. The molecule has 1 saturated heterocycles. The smallest absolute Gasteiger partial charge is 0.0475 e. The molecular formula is C13H20N2O. The van der Waals surface area contributed by atoms with Gasteiger partial charge in [-0.15, -0.1) is 0 Å². The van der Waals surface area contributed by atoms with E-state index in [1.807, 2.05) is 6.07 Å². The summed E-state index contributed by atoms with van der Waals surface area (Å²) in [7, 11) is 0. The molecule has 0 bridgehead atoms. The van der Waals surface area contributed by atoms with Crippen LogP contribution >= 0.6 is 0 Å². The monoisotopic (exact) mass is 220 g/mol. The molecule has 0 amide bonds. The molecule has 3 heteroatoms. The van der Waals surface area contributed by atoms with E-state index >= 15 is 0 Å². The van der Waals surface area contributed by atoms with Gasteiger partial charge >= 0.3 is 0 Å². The van der Waals surface area contributed by atoms with E-state index in [0.29, 0.717) is 6.54 Å². The lowest BCUT2D eigenvalue weighted by atomic mass is 9.69. The molecule has 1 aliphatic rings. The van der Waals surface area contributed by atoms with Gasteiger partial charge in [-0.05, 0) is 18.4 Å². The first-order chi connectivity index (χ1) is 7.79. The second kappa shape index (κ2) is 4.95. The minimum absolute atomic E-state index is 0.00819. The summed E-state index contributed by atoms with van der Waals surface area (Å²) in [5.74, 6) is 0. The highest BCUT2D eigenvalue weighted by molar-refractivity contribution is 5.28. The fourth-order valence-corrected chi connectivity index (χ4v) is 2.60. The topological polar surface area (TPSA) is 61.3 Å². The van der Waals surface area contributed by atoms with Crippen LogP contribution < -0.4 is 11.5 Å². The van der Waals surface area contributed by atoms with E-state index in [2.05, 4.69) is 24.3 Å². The maximum atomic E-state index is 6.23. The SMILES string of the molecule is NCC(N)C1(c2ccccc2)CCOCC1. The zero-order valence-electron chi connectivity index (χ0n) is 9.56. The molecule has 1 fully saturated rings. The van der Waals surface area contributed by atoms with Crippen LogP contribution in [0.15, 0.2) is 30.3 Å². The van der Waals surface area contributed by atoms with E-state index in [9.17, 15) is 0 Å². The Morgan fingerprint density at radius 3 is 2.38 bits per heavy atom. The largest absolute Gasteiger partial charge is 0.381 e. The summed E-state index contributed by atoms with van der Waals surface area (Å²) in [4.78, 5) is 0. The summed E-state index contributed by atoms with van der Waals surface area (Å²) in [6, 6.07) is 10.5. The van der Waals surface area contributed by atoms with Crippen LogP contribution in [0.2, 0.25) is 0 Å². The van der Waals surface area contributed by atoms with Crippen LogP contribution in [-0.4, -0.2) is 25.8 Å². The standard InChI is InChI=1S/C13H20N2O/c14-10-12(15)13(6-8-16-9-7-13)11-4-2-1-3-5-11/h1-5,12H,6-10,14-15H2. The van der Waals surface area contributed by atoms with Gasteiger partial charge in [0.1, 0.15) is 0 Å². The molecule has 3 nitrogen and oxygen atoms in total. The lowest BCUT2D eigenvalue weighted by Gasteiger charge is -2.42. The van der Waals surface area contributed by atoms with Gasteiger partial charge in [0.2, 0.25) is 0 Å². The van der Waals surface area contributed by atoms with Crippen LogP contribution in [-0.2, 0) is 10.2 Å². The normalized spacial score (nSPS) is 21.6. The lowest BCUT2D eigenvalue weighted by molar-refractivity contribution is 0.0410. The van der Waals surface area contributed by atoms with Gasteiger partial charge in [0.15, 0.2) is 0 Å². The molecule has 4 N–H and O–H groups in total. The van der Waals surface area contributed by atoms with Gasteiger partial charge in [-0.25, -0.2) is 0 Å². The summed E-state index contributed by atoms with van der Waals surface area (Å²) in [6.07, 6.45) is 1.94. The van der Waals surface area contributed by atoms with Crippen molar-refractivity contribution < 1.29 is 4.74 Å². The van der Waals surface area contributed by atoms with Crippen molar-refractivity contribution in [1.82, 2.24) is 0 Å². The maximum Gasteiger partial charge on any atom is 0.0475 e. The third kappa shape index (κ3) is 1.98. The van der Waals surface area contributed by atoms with Crippen molar-refractivity contribution in [2.24, 2.45) is 11.5 Å². The third-order valence-corrected chi connectivity index (χ3v) is 3.70. The van der Waals surface area contributed by atoms with E-state index in [1.165, 1.54) is 5.56 Å². The van der Waals surface area contributed by atoms with Crippen LogP contribution in [0.1, 0.15) is 18.4 Å². The Morgan fingerprint density at radius 1 is 1.19 bits per heavy atom. The van der Waals surface area contributed by atoms with E-state index in [0.717, 1.165) is 26.1 Å². The molecule has 0 aromatic heterocycles. The highest BCUT2D eigenvalue weighted by atomic mass is 16.5. The molecular weight excluding hydrogens is 200 g/mol. The van der Waals surface area contributed by atoms with Crippen molar-refractivity contribution in [2.75, 3.05) is 19.8 Å². The summed E-state index contributed by atoms with van der Waals surface area (Å²) in [6.45, 7) is 2.08. The quantitative estimate of drug-likeness (QED) is 0.799. The molecule has 2 rings (SSSR count). The third-order valence-electron chi connectivity index (χ3n) is 3.70. The molecule has 1 aliphatic heterocycles. The number of benzene rings is 1. The van der Waals surface area contributed by atoms with Gasteiger partial charge in [0.05, 0.1) is 0 Å². The van der Waals surface area contributed by atoms with Crippen molar-refractivity contribution >= 4 is 0 Å². The number of rotatable bonds is 3. The van der Waals surface area contributed by atoms with Gasteiger partial charge in [-0.1, -0.05) is 30.3 Å². The highest BCUT2D eigenvalue weighted by Crippen LogP contribution is 2.36. The molecule has 0 aliphatic carbocycles. The minimum Gasteiger partial charge on any atom is -0.381 e. The molecule has 0 saturated carbocycles. The van der Waals surface area contributed by atoms with Crippen LogP contribution in [0.4, 0.5) is 0 Å². The predicted octanol–water partition coefficient (Wildman–Crippen LogP) is 1.02. The van der Waals surface area contributed by atoms with Crippen LogP contribution in [0.3, 0.4) is 0 Å². The molecule has 1 heterocycles. The van der Waals surface area contributed by atoms with E-state index in [1.54, 1.807) is 0 Å². The Bertz CT molecular complexity index is 320. The Balaban J connectivity index is 2.34. The molecule has 1 aromatic rings. The fraction of sp³-hybridized carbons (Fsp3) is 0.538. The molecule has 0 spiro atoms. The van der Waals surface area contributed by atoms with Crippen molar-refractivity contribution in [2.45, 2.75) is 24.3 Å². The second-order valence-electron chi connectivity index (χ2n) is 4.48. The molecule has 1 atom stereocenters. The highest BCUT2D eigenvalue weighted by Gasteiger charge is 2.39. The van der Waals surface area contributed by atoms with Crippen molar-refractivity contribution in [3.8, 4) is 0 Å². The zero-order valence-corrected chi connectivity index (χ0v) is 9.56. The van der Waals surface area contributed by atoms with Gasteiger partial charge in [-0.2, -0.15) is 0 Å². The zero-order chi connectivity index (χ0) is 11.4. The van der Waals surface area contributed by atoms with Crippen LogP contribution in [0.25, 0.3) is 0 Å². The second-order valence-corrected chi connectivity index (χ2v) is 4.48. The van der Waals surface area contributed by atoms with Crippen LogP contribution in [0, 0.1) is 0 Å². The van der Waals surface area contributed by atoms with E-state index < -0.39 is 0 Å². The van der Waals surface area contributed by atoms with Gasteiger partial charge in [-0.3, -0.25) is 0 Å². The Morgan fingerprint density at radius 2 is 1.81 bits per heavy atom. The number of hydrogen-bond donors (Lipinski definition) is 2. The summed E-state index contributed by atoms with van der Waals surface area (Å²) < 4.78 is 5.44. The average Bonchev–Trinajstić information content (AvgIpc) is 2.39. The first-order valence-electron chi connectivity index (χ1n) is 5.88. The molecule has 16 heavy (non-hydrogen) atoms. The first kappa shape index (κ1) is 11.6. The summed E-state index contributed by atoms with van der Waals surface area (Å²) >= 11 is 0. The molecule has 1 aromatic carbocycles. The molecule has 88 valence electrons. The average molecular weight is 220 g/mol. The summed E-state index contributed by atoms with van der Waals surface area (Å²) in [5.41, 5.74) is 13.3. The van der Waals surface area contributed by atoms with Crippen molar-refractivity contribution in [3.05, 3.63) is 35.9 Å². The van der Waals surface area contributed by atoms with Crippen LogP contribution in [0.5, 0.6) is 0 Å². The van der Waals surface area contributed by atoms with Gasteiger partial charge in [0.25, 0.3) is 0 Å². The summed E-state index contributed by atoms with van der Waals surface area (Å²) in [5, 5.41) is 0.